The van der Waals surface area contributed by atoms with Crippen molar-refractivity contribution < 1.29 is 4.18 Å². The summed E-state index contributed by atoms with van der Waals surface area (Å²) in [6.07, 6.45) is 1.48. The molecule has 1 rings (SSSR count). The molecule has 70 valence electrons. The van der Waals surface area contributed by atoms with Gasteiger partial charge in [0.2, 0.25) is 0 Å². The average Bonchev–Trinajstić information content (AvgIpc) is 2.36. The highest BCUT2D eigenvalue weighted by Gasteiger charge is 2.45. The zero-order chi connectivity index (χ0) is 9.24. The van der Waals surface area contributed by atoms with Crippen molar-refractivity contribution in [2.45, 2.75) is 10.0 Å². The van der Waals surface area contributed by atoms with Crippen molar-refractivity contribution in [1.29, 1.82) is 0 Å². The van der Waals surface area contributed by atoms with Crippen molar-refractivity contribution in [3.63, 3.8) is 0 Å². The summed E-state index contributed by atoms with van der Waals surface area (Å²) in [5.41, 5.74) is 0. The largest absolute Gasteiger partial charge is 0.308 e. The predicted molar refractivity (Wildman–Crippen MR) is 53.5 cm³/mol. The summed E-state index contributed by atoms with van der Waals surface area (Å²) in [6.45, 7) is 2.25. The van der Waals surface area contributed by atoms with Crippen LogP contribution in [-0.2, 0) is 4.18 Å². The van der Waals surface area contributed by atoms with E-state index >= 15 is 0 Å². The second-order valence-electron chi connectivity index (χ2n) is 1.90. The van der Waals surface area contributed by atoms with E-state index in [0.29, 0.717) is 6.61 Å². The Kier molecular flexibility index (Phi) is 3.28. The highest BCUT2D eigenvalue weighted by Crippen LogP contribution is 2.70. The van der Waals surface area contributed by atoms with Crippen LogP contribution in [0.4, 0.5) is 0 Å². The van der Waals surface area contributed by atoms with Crippen LogP contribution < -0.4 is 0 Å². The van der Waals surface area contributed by atoms with Gasteiger partial charge in [-0.25, -0.2) is 0 Å². The summed E-state index contributed by atoms with van der Waals surface area (Å²) in [5, 5.41) is 5.23. The van der Waals surface area contributed by atoms with Gasteiger partial charge in [-0.2, -0.15) is 5.11 Å². The van der Waals surface area contributed by atoms with Crippen molar-refractivity contribution >= 4 is 45.3 Å². The van der Waals surface area contributed by atoms with E-state index in [1.807, 2.05) is 6.92 Å². The molecule has 1 aliphatic heterocycles. The standard InChI is InChI=1S/C5H7Cl3N2OS/c1-2-11-12(5(6,7)8)4-3-9-10-12/h3-4H,2H2,1H3. The fourth-order valence-electron chi connectivity index (χ4n) is 0.667. The number of hydrogen-bond acceptors (Lipinski definition) is 3. The molecule has 0 N–H and O–H groups in total. The topological polar surface area (TPSA) is 34.0 Å². The molecule has 1 atom stereocenters. The molecule has 0 radical (unpaired) electrons. The molecule has 0 spiro atoms. The van der Waals surface area contributed by atoms with Crippen LogP contribution in [0.5, 0.6) is 0 Å². The molecule has 0 aromatic rings. The summed E-state index contributed by atoms with van der Waals surface area (Å²) in [7, 11) is -2.15. The van der Waals surface area contributed by atoms with E-state index in [2.05, 4.69) is 9.63 Å². The second-order valence-corrected chi connectivity index (χ2v) is 7.28. The predicted octanol–water partition coefficient (Wildman–Crippen LogP) is 3.92. The smallest absolute Gasteiger partial charge is 0.265 e. The van der Waals surface area contributed by atoms with Crippen LogP contribution in [0.3, 0.4) is 0 Å². The minimum absolute atomic E-state index is 0.437. The molecule has 12 heavy (non-hydrogen) atoms. The van der Waals surface area contributed by atoms with E-state index in [9.17, 15) is 0 Å². The van der Waals surface area contributed by atoms with Crippen molar-refractivity contribution in [2.75, 3.05) is 6.61 Å². The highest BCUT2D eigenvalue weighted by molar-refractivity contribution is 8.35. The molecule has 0 saturated heterocycles. The Morgan fingerprint density at radius 3 is 2.50 bits per heavy atom. The minimum atomic E-state index is -2.15. The molecular formula is C5H7Cl3N2OS. The van der Waals surface area contributed by atoms with Gasteiger partial charge in [0, 0.05) is 5.41 Å². The number of nitrogens with zero attached hydrogens (tertiary/aromatic N) is 2. The fraction of sp³-hybridized carbons (Fsp3) is 0.600. The Bertz CT molecular complexity index is 213. The molecule has 0 fully saturated rings. The van der Waals surface area contributed by atoms with Gasteiger partial charge in [-0.1, -0.05) is 34.8 Å². The van der Waals surface area contributed by atoms with Gasteiger partial charge >= 0.3 is 0 Å². The summed E-state index contributed by atoms with van der Waals surface area (Å²) < 4.78 is 7.56. The van der Waals surface area contributed by atoms with Crippen molar-refractivity contribution in [1.82, 2.24) is 0 Å². The lowest BCUT2D eigenvalue weighted by atomic mass is 10.9. The van der Waals surface area contributed by atoms with Gasteiger partial charge in [0.15, 0.2) is 0 Å². The number of alkyl halides is 3. The normalized spacial score (nSPS) is 33.7. The van der Waals surface area contributed by atoms with Gasteiger partial charge in [-0.15, -0.1) is 4.52 Å². The van der Waals surface area contributed by atoms with E-state index in [1.165, 1.54) is 6.20 Å². The van der Waals surface area contributed by atoms with Crippen LogP contribution in [0.15, 0.2) is 21.2 Å². The lowest BCUT2D eigenvalue weighted by Gasteiger charge is -2.33. The average molecular weight is 250 g/mol. The minimum Gasteiger partial charge on any atom is -0.308 e. The molecule has 0 aromatic carbocycles. The summed E-state index contributed by atoms with van der Waals surface area (Å²) in [4.78, 5) is 0. The van der Waals surface area contributed by atoms with Crippen molar-refractivity contribution in [3.05, 3.63) is 11.6 Å². The molecule has 1 heterocycles. The molecule has 7 heteroatoms. The van der Waals surface area contributed by atoms with E-state index in [4.69, 9.17) is 39.0 Å². The third-order valence-corrected chi connectivity index (χ3v) is 5.19. The third kappa shape index (κ3) is 1.88. The van der Waals surface area contributed by atoms with Crippen LogP contribution in [-0.4, -0.2) is 9.73 Å². The van der Waals surface area contributed by atoms with Gasteiger partial charge < -0.3 is 4.18 Å². The van der Waals surface area contributed by atoms with Gasteiger partial charge in [0.05, 0.1) is 23.3 Å². The van der Waals surface area contributed by atoms with Gasteiger partial charge in [0.25, 0.3) is 3.12 Å². The van der Waals surface area contributed by atoms with E-state index in [1.54, 1.807) is 5.41 Å². The first-order valence-corrected chi connectivity index (χ1v) is 5.86. The van der Waals surface area contributed by atoms with Crippen LogP contribution in [0, 0.1) is 0 Å². The Morgan fingerprint density at radius 1 is 1.50 bits per heavy atom. The Labute approximate surface area is 87.4 Å². The first kappa shape index (κ1) is 10.6. The van der Waals surface area contributed by atoms with Crippen LogP contribution in [0.2, 0.25) is 0 Å². The molecule has 1 unspecified atom stereocenters. The van der Waals surface area contributed by atoms with Gasteiger partial charge in [-0.05, 0) is 6.92 Å². The molecule has 1 aliphatic rings. The Morgan fingerprint density at radius 2 is 2.17 bits per heavy atom. The third-order valence-electron chi connectivity index (χ3n) is 1.11. The SMILES string of the molecule is CCOS1(C(Cl)(Cl)Cl)C=CN=N1. The van der Waals surface area contributed by atoms with Crippen molar-refractivity contribution in [3.8, 4) is 0 Å². The zero-order valence-electron chi connectivity index (χ0n) is 6.21. The Hall–Kier alpha value is 0.520. The van der Waals surface area contributed by atoms with Gasteiger partial charge in [-0.3, -0.25) is 0 Å². The molecule has 0 amide bonds. The second kappa shape index (κ2) is 3.72. The lowest BCUT2D eigenvalue weighted by molar-refractivity contribution is 0.385. The van der Waals surface area contributed by atoms with Crippen LogP contribution in [0.25, 0.3) is 0 Å². The van der Waals surface area contributed by atoms with Crippen molar-refractivity contribution in [2.24, 2.45) is 9.63 Å². The number of halogens is 3. The Balaban J connectivity index is 2.88. The quantitative estimate of drug-likeness (QED) is 0.683. The molecule has 0 aromatic heterocycles. The summed E-state index contributed by atoms with van der Waals surface area (Å²) in [5.74, 6) is 0. The first-order valence-electron chi connectivity index (χ1n) is 3.14. The number of rotatable bonds is 2. The maximum absolute atomic E-state index is 5.71. The molecular weight excluding hydrogens is 242 g/mol. The monoisotopic (exact) mass is 248 g/mol. The summed E-state index contributed by atoms with van der Waals surface area (Å²) >= 11 is 17.1. The molecule has 3 nitrogen and oxygen atoms in total. The van der Waals surface area contributed by atoms with E-state index in [0.717, 1.165) is 0 Å². The highest BCUT2D eigenvalue weighted by atomic mass is 35.6. The van der Waals surface area contributed by atoms with Crippen LogP contribution >= 0.6 is 45.3 Å². The van der Waals surface area contributed by atoms with Crippen LogP contribution in [0.1, 0.15) is 6.92 Å². The van der Waals surface area contributed by atoms with E-state index in [-0.39, 0.29) is 0 Å². The molecule has 0 saturated carbocycles. The summed E-state index contributed by atoms with van der Waals surface area (Å²) in [6, 6.07) is 0. The zero-order valence-corrected chi connectivity index (χ0v) is 9.29. The van der Waals surface area contributed by atoms with Gasteiger partial charge in [0.1, 0.15) is 0 Å². The molecule has 0 aliphatic carbocycles. The maximum Gasteiger partial charge on any atom is 0.265 e. The lowest BCUT2D eigenvalue weighted by Crippen LogP contribution is -2.14. The first-order chi connectivity index (χ1) is 5.52. The number of hydrogen-bond donors (Lipinski definition) is 0. The fourth-order valence-corrected chi connectivity index (χ4v) is 3.14. The molecule has 0 bridgehead atoms. The maximum atomic E-state index is 5.71. The van der Waals surface area contributed by atoms with E-state index < -0.39 is 13.6 Å².